The minimum absolute atomic E-state index is 0.0924. The molecule has 0 unspecified atom stereocenters. The van der Waals surface area contributed by atoms with Crippen LogP contribution in [0.3, 0.4) is 0 Å². The van der Waals surface area contributed by atoms with Gasteiger partial charge in [0.1, 0.15) is 0 Å². The van der Waals surface area contributed by atoms with Crippen molar-refractivity contribution in [2.24, 2.45) is 0 Å². The van der Waals surface area contributed by atoms with E-state index in [-0.39, 0.29) is 10.8 Å². The molecule has 2 heteroatoms. The molecule has 0 radical (unpaired) electrons. The second kappa shape index (κ2) is 11.9. The fourth-order valence-corrected chi connectivity index (χ4v) is 9.93. The maximum Gasteiger partial charge on any atom is 0.0561 e. The Kier molecular flexibility index (Phi) is 6.98. The predicted molar refractivity (Wildman–Crippen MR) is 236 cm³/mol. The molecule has 0 aliphatic heterocycles. The molecule has 0 amide bonds. The lowest BCUT2D eigenvalue weighted by atomic mass is 9.82. The fourth-order valence-electron chi connectivity index (χ4n) is 9.93. The third-order valence-corrected chi connectivity index (χ3v) is 12.8. The number of benzene rings is 8. The molecule has 0 bridgehead atoms. The van der Waals surface area contributed by atoms with E-state index in [0.717, 1.165) is 22.7 Å². The largest absolute Gasteiger partial charge is 0.310 e. The summed E-state index contributed by atoms with van der Waals surface area (Å²) in [6.45, 7) is 9.47. The van der Waals surface area contributed by atoms with Gasteiger partial charge in [-0.1, -0.05) is 149 Å². The molecule has 2 nitrogen and oxygen atoms in total. The Labute approximate surface area is 328 Å². The zero-order valence-corrected chi connectivity index (χ0v) is 32.2. The number of fused-ring (bicyclic) bond motifs is 9. The highest BCUT2D eigenvalue weighted by Gasteiger charge is 2.37. The van der Waals surface area contributed by atoms with Crippen molar-refractivity contribution in [1.29, 1.82) is 0 Å². The van der Waals surface area contributed by atoms with Crippen molar-refractivity contribution >= 4 is 38.9 Å². The average Bonchev–Trinajstić information content (AvgIpc) is 3.77. The zero-order chi connectivity index (χ0) is 37.8. The number of hydrogen-bond acceptors (Lipinski definition) is 1. The summed E-state index contributed by atoms with van der Waals surface area (Å²) in [6, 6.07) is 67.5. The second-order valence-corrected chi connectivity index (χ2v) is 16.6. The van der Waals surface area contributed by atoms with Crippen molar-refractivity contribution < 1.29 is 0 Å². The van der Waals surface area contributed by atoms with Crippen LogP contribution >= 0.6 is 0 Å². The van der Waals surface area contributed by atoms with Gasteiger partial charge in [-0.2, -0.15) is 0 Å². The van der Waals surface area contributed by atoms with Crippen molar-refractivity contribution in [2.45, 2.75) is 38.5 Å². The van der Waals surface area contributed by atoms with Crippen LogP contribution in [0.25, 0.3) is 60.9 Å². The fraction of sp³-hybridized carbons (Fsp3) is 0.111. The third-order valence-electron chi connectivity index (χ3n) is 12.8. The lowest BCUT2D eigenvalue weighted by Crippen LogP contribution is -2.16. The molecule has 9 aromatic rings. The molecule has 56 heavy (non-hydrogen) atoms. The summed E-state index contributed by atoms with van der Waals surface area (Å²) in [4.78, 5) is 2.46. The molecule has 0 fully saturated rings. The van der Waals surface area contributed by atoms with E-state index in [0.29, 0.717) is 0 Å². The molecule has 0 N–H and O–H groups in total. The van der Waals surface area contributed by atoms with Crippen molar-refractivity contribution in [3.05, 3.63) is 204 Å². The second-order valence-electron chi connectivity index (χ2n) is 16.6. The van der Waals surface area contributed by atoms with Gasteiger partial charge < -0.3 is 9.47 Å². The minimum Gasteiger partial charge on any atom is -0.310 e. The monoisotopic (exact) mass is 718 g/mol. The van der Waals surface area contributed by atoms with Gasteiger partial charge in [-0.05, 0) is 116 Å². The third kappa shape index (κ3) is 4.69. The van der Waals surface area contributed by atoms with Gasteiger partial charge >= 0.3 is 0 Å². The molecule has 8 aromatic carbocycles. The van der Waals surface area contributed by atoms with Crippen LogP contribution in [0.2, 0.25) is 0 Å². The first-order chi connectivity index (χ1) is 27.3. The molecule has 0 saturated carbocycles. The smallest absolute Gasteiger partial charge is 0.0561 e. The normalized spacial score (nSPS) is 14.4. The highest BCUT2D eigenvalue weighted by molar-refractivity contribution is 6.12. The van der Waals surface area contributed by atoms with E-state index in [2.05, 4.69) is 219 Å². The van der Waals surface area contributed by atoms with Gasteiger partial charge in [-0.3, -0.25) is 0 Å². The summed E-state index contributed by atoms with van der Waals surface area (Å²) in [5, 5.41) is 2.53. The van der Waals surface area contributed by atoms with Crippen LogP contribution in [-0.2, 0) is 10.8 Å². The van der Waals surface area contributed by atoms with Crippen LogP contribution in [0.15, 0.2) is 182 Å². The van der Waals surface area contributed by atoms with Gasteiger partial charge in [0.2, 0.25) is 0 Å². The van der Waals surface area contributed by atoms with Gasteiger partial charge in [-0.15, -0.1) is 0 Å². The Morgan fingerprint density at radius 2 is 0.893 bits per heavy atom. The van der Waals surface area contributed by atoms with Crippen LogP contribution in [0.4, 0.5) is 17.1 Å². The van der Waals surface area contributed by atoms with Crippen LogP contribution < -0.4 is 4.90 Å². The molecule has 268 valence electrons. The molecule has 0 spiro atoms. The standard InChI is InChI=1S/C54H42N2/c1-53(2)47-24-13-11-22-41(47)43-28-26-39(31-49(43)53)55(38-21-15-18-36(30-38)35-16-7-5-8-17-35)40-27-29-44-46-33-45-42-23-12-14-25-48(42)54(3,4)50(45)34-52(46)56(51(44)32-40)37-19-9-6-10-20-37/h5-34H,1-4H3. The van der Waals surface area contributed by atoms with Crippen molar-refractivity contribution in [1.82, 2.24) is 4.57 Å². The summed E-state index contributed by atoms with van der Waals surface area (Å²) in [7, 11) is 0. The molecule has 0 saturated heterocycles. The van der Waals surface area contributed by atoms with Crippen LogP contribution in [0, 0.1) is 0 Å². The number of anilines is 3. The summed E-state index contributed by atoms with van der Waals surface area (Å²) < 4.78 is 2.48. The first-order valence-electron chi connectivity index (χ1n) is 19.8. The van der Waals surface area contributed by atoms with E-state index in [1.165, 1.54) is 77.4 Å². The van der Waals surface area contributed by atoms with E-state index in [1.54, 1.807) is 0 Å². The van der Waals surface area contributed by atoms with E-state index >= 15 is 0 Å². The molecule has 2 aliphatic carbocycles. The molecular weight excluding hydrogens is 677 g/mol. The van der Waals surface area contributed by atoms with Crippen LogP contribution in [0.1, 0.15) is 49.9 Å². The van der Waals surface area contributed by atoms with Crippen LogP contribution in [-0.4, -0.2) is 4.57 Å². The first-order valence-corrected chi connectivity index (χ1v) is 19.8. The van der Waals surface area contributed by atoms with Gasteiger partial charge in [-0.25, -0.2) is 0 Å². The molecule has 11 rings (SSSR count). The Morgan fingerprint density at radius 3 is 1.62 bits per heavy atom. The topological polar surface area (TPSA) is 8.17 Å². The highest BCUT2D eigenvalue weighted by atomic mass is 15.1. The van der Waals surface area contributed by atoms with E-state index < -0.39 is 0 Å². The molecule has 0 atom stereocenters. The van der Waals surface area contributed by atoms with Gasteiger partial charge in [0, 0.05) is 44.4 Å². The summed E-state index contributed by atoms with van der Waals surface area (Å²) in [5.74, 6) is 0. The Balaban J connectivity index is 1.17. The van der Waals surface area contributed by atoms with Crippen molar-refractivity contribution in [2.75, 3.05) is 4.90 Å². The average molecular weight is 719 g/mol. The van der Waals surface area contributed by atoms with Crippen molar-refractivity contribution in [3.8, 4) is 39.1 Å². The van der Waals surface area contributed by atoms with E-state index in [4.69, 9.17) is 0 Å². The number of para-hydroxylation sites is 1. The molecule has 2 aliphatic rings. The number of aromatic nitrogens is 1. The number of rotatable bonds is 5. The Morgan fingerprint density at radius 1 is 0.357 bits per heavy atom. The zero-order valence-electron chi connectivity index (χ0n) is 32.2. The summed E-state index contributed by atoms with van der Waals surface area (Å²) in [6.07, 6.45) is 0. The highest BCUT2D eigenvalue weighted by Crippen LogP contribution is 2.53. The lowest BCUT2D eigenvalue weighted by Gasteiger charge is -2.28. The quantitative estimate of drug-likeness (QED) is 0.172. The maximum absolute atomic E-state index is 2.48. The summed E-state index contributed by atoms with van der Waals surface area (Å²) >= 11 is 0. The predicted octanol–water partition coefficient (Wildman–Crippen LogP) is 14.5. The first kappa shape index (κ1) is 32.8. The summed E-state index contributed by atoms with van der Waals surface area (Å²) in [5.41, 5.74) is 20.0. The molecule has 1 heterocycles. The Hall–Kier alpha value is -6.64. The number of hydrogen-bond donors (Lipinski definition) is 0. The Bertz CT molecular complexity index is 3020. The minimum atomic E-state index is -0.115. The van der Waals surface area contributed by atoms with E-state index in [1.807, 2.05) is 0 Å². The molecular formula is C54H42N2. The molecule has 1 aromatic heterocycles. The lowest BCUT2D eigenvalue weighted by molar-refractivity contribution is 0.660. The van der Waals surface area contributed by atoms with Gasteiger partial charge in [0.25, 0.3) is 0 Å². The van der Waals surface area contributed by atoms with Gasteiger partial charge in [0.15, 0.2) is 0 Å². The SMILES string of the molecule is CC1(C)c2ccccc2-c2ccc(N(c3cccc(-c4ccccc4)c3)c3ccc4c5cc6c(cc5n(-c5ccccc5)c4c3)C(C)(C)c3ccccc3-6)cc21. The number of nitrogens with zero attached hydrogens (tertiary/aromatic N) is 2. The van der Waals surface area contributed by atoms with E-state index in [9.17, 15) is 0 Å². The van der Waals surface area contributed by atoms with Crippen LogP contribution in [0.5, 0.6) is 0 Å². The van der Waals surface area contributed by atoms with Gasteiger partial charge in [0.05, 0.1) is 11.0 Å². The maximum atomic E-state index is 2.48. The van der Waals surface area contributed by atoms with Crippen molar-refractivity contribution in [3.63, 3.8) is 0 Å².